The first-order valence-corrected chi connectivity index (χ1v) is 7.16. The third-order valence-corrected chi connectivity index (χ3v) is 3.77. The molecule has 0 aliphatic carbocycles. The summed E-state index contributed by atoms with van der Waals surface area (Å²) in [6, 6.07) is 15.1. The molecule has 2 N–H and O–H groups in total. The average molecular weight is 294 g/mol. The van der Waals surface area contributed by atoms with Gasteiger partial charge in [0.2, 0.25) is 0 Å². The summed E-state index contributed by atoms with van der Waals surface area (Å²) in [5.41, 5.74) is 1.50. The van der Waals surface area contributed by atoms with Crippen molar-refractivity contribution in [1.82, 2.24) is 4.57 Å². The molecule has 0 aliphatic rings. The van der Waals surface area contributed by atoms with Gasteiger partial charge >= 0.3 is 0 Å². The number of hydrogen-bond acceptors (Lipinski definition) is 3. The number of aromatic hydroxyl groups is 1. The number of hydrogen-bond donors (Lipinski definition) is 2. The molecule has 22 heavy (non-hydrogen) atoms. The van der Waals surface area contributed by atoms with Crippen molar-refractivity contribution in [3.63, 3.8) is 0 Å². The number of aliphatic hydroxyl groups is 1. The Bertz CT molecular complexity index is 821. The first-order chi connectivity index (χ1) is 10.7. The molecule has 1 atom stereocenters. The minimum Gasteiger partial charge on any atom is -0.507 e. The molecule has 112 valence electrons. The third kappa shape index (κ3) is 2.73. The summed E-state index contributed by atoms with van der Waals surface area (Å²) in [5.74, 6) is 0.191. The number of phenols is 1. The summed E-state index contributed by atoms with van der Waals surface area (Å²) in [6.45, 7) is 0.251. The van der Waals surface area contributed by atoms with E-state index in [2.05, 4.69) is 4.99 Å². The van der Waals surface area contributed by atoms with Gasteiger partial charge in [0, 0.05) is 30.7 Å². The largest absolute Gasteiger partial charge is 0.507 e. The highest BCUT2D eigenvalue weighted by Crippen LogP contribution is 2.25. The number of aryl methyl sites for hydroxylation is 1. The molecule has 1 unspecified atom stereocenters. The van der Waals surface area contributed by atoms with E-state index >= 15 is 0 Å². The van der Waals surface area contributed by atoms with Crippen LogP contribution in [0.25, 0.3) is 10.8 Å². The van der Waals surface area contributed by atoms with Crippen LogP contribution < -0.4 is 0 Å². The summed E-state index contributed by atoms with van der Waals surface area (Å²) >= 11 is 0. The number of aliphatic hydroxyl groups excluding tert-OH is 1. The fourth-order valence-electron chi connectivity index (χ4n) is 2.58. The van der Waals surface area contributed by atoms with E-state index in [4.69, 9.17) is 0 Å². The summed E-state index contributed by atoms with van der Waals surface area (Å²) in [7, 11) is 1.89. The lowest BCUT2D eigenvalue weighted by atomic mass is 10.0. The minimum absolute atomic E-state index is 0.191. The number of phenolic OH excluding ortho intramolecular Hbond substituents is 1. The van der Waals surface area contributed by atoms with Gasteiger partial charge in [0.05, 0.1) is 6.54 Å². The van der Waals surface area contributed by atoms with E-state index in [0.29, 0.717) is 5.56 Å². The molecule has 4 nitrogen and oxygen atoms in total. The molecule has 0 fully saturated rings. The Morgan fingerprint density at radius 1 is 1.14 bits per heavy atom. The third-order valence-electron chi connectivity index (χ3n) is 3.77. The molecule has 1 aromatic heterocycles. The Kier molecular flexibility index (Phi) is 3.94. The van der Waals surface area contributed by atoms with E-state index < -0.39 is 6.10 Å². The van der Waals surface area contributed by atoms with E-state index in [-0.39, 0.29) is 12.3 Å². The Labute approximate surface area is 129 Å². The van der Waals surface area contributed by atoms with E-state index in [1.807, 2.05) is 60.3 Å². The highest BCUT2D eigenvalue weighted by Gasteiger charge is 2.09. The monoisotopic (exact) mass is 294 g/mol. The van der Waals surface area contributed by atoms with Crippen LogP contribution in [0.4, 0.5) is 0 Å². The standard InChI is InChI=1S/C18H18N2O2/c1-20-10-4-7-16(20)18(22)12-19-11-15-14-6-3-2-5-13(14)8-9-17(15)21/h2-11,18,21-22H,12H2,1H3. The van der Waals surface area contributed by atoms with Crippen LogP contribution in [-0.4, -0.2) is 27.5 Å². The predicted molar refractivity (Wildman–Crippen MR) is 88.4 cm³/mol. The Balaban J connectivity index is 1.84. The second kappa shape index (κ2) is 6.03. The number of aliphatic imine (C=N–C) groups is 1. The maximum atomic E-state index is 10.2. The Morgan fingerprint density at radius 2 is 1.95 bits per heavy atom. The summed E-state index contributed by atoms with van der Waals surface area (Å²) in [6.07, 6.45) is 2.86. The summed E-state index contributed by atoms with van der Waals surface area (Å²) < 4.78 is 1.87. The fraction of sp³-hybridized carbons (Fsp3) is 0.167. The zero-order valence-corrected chi connectivity index (χ0v) is 12.3. The van der Waals surface area contributed by atoms with Crippen LogP contribution in [0, 0.1) is 0 Å². The highest BCUT2D eigenvalue weighted by molar-refractivity contribution is 6.02. The van der Waals surface area contributed by atoms with E-state index in [0.717, 1.165) is 16.5 Å². The van der Waals surface area contributed by atoms with Crippen molar-refractivity contribution < 1.29 is 10.2 Å². The Morgan fingerprint density at radius 3 is 2.73 bits per heavy atom. The molecule has 3 rings (SSSR count). The molecular weight excluding hydrogens is 276 g/mol. The first kappa shape index (κ1) is 14.4. The highest BCUT2D eigenvalue weighted by atomic mass is 16.3. The molecular formula is C18H18N2O2. The topological polar surface area (TPSA) is 57.8 Å². The molecule has 1 heterocycles. The lowest BCUT2D eigenvalue weighted by Crippen LogP contribution is -2.06. The molecule has 0 saturated carbocycles. The van der Waals surface area contributed by atoms with Gasteiger partial charge in [-0.3, -0.25) is 4.99 Å². The molecule has 3 aromatic rings. The van der Waals surface area contributed by atoms with Gasteiger partial charge in [-0.25, -0.2) is 0 Å². The predicted octanol–water partition coefficient (Wildman–Crippen LogP) is 3.04. The van der Waals surface area contributed by atoms with Crippen molar-refractivity contribution in [2.24, 2.45) is 12.0 Å². The van der Waals surface area contributed by atoms with Crippen LogP contribution in [0.1, 0.15) is 17.4 Å². The van der Waals surface area contributed by atoms with Gasteiger partial charge in [0.1, 0.15) is 11.9 Å². The van der Waals surface area contributed by atoms with Gasteiger partial charge < -0.3 is 14.8 Å². The van der Waals surface area contributed by atoms with Crippen LogP contribution in [0.2, 0.25) is 0 Å². The summed E-state index contributed by atoms with van der Waals surface area (Å²) in [5, 5.41) is 22.2. The quantitative estimate of drug-likeness (QED) is 0.727. The minimum atomic E-state index is -0.659. The van der Waals surface area contributed by atoms with Crippen LogP contribution in [0.3, 0.4) is 0 Å². The van der Waals surface area contributed by atoms with Gasteiger partial charge in [0.25, 0.3) is 0 Å². The summed E-state index contributed by atoms with van der Waals surface area (Å²) in [4.78, 5) is 4.30. The van der Waals surface area contributed by atoms with Crippen LogP contribution >= 0.6 is 0 Å². The molecule has 0 amide bonds. The average Bonchev–Trinajstić information content (AvgIpc) is 2.95. The number of nitrogens with zero attached hydrogens (tertiary/aromatic N) is 2. The molecule has 0 bridgehead atoms. The number of aromatic nitrogens is 1. The lowest BCUT2D eigenvalue weighted by Gasteiger charge is -2.09. The molecule has 0 aliphatic heterocycles. The van der Waals surface area contributed by atoms with Gasteiger partial charge in [-0.2, -0.15) is 0 Å². The van der Waals surface area contributed by atoms with Gasteiger partial charge in [0.15, 0.2) is 0 Å². The molecule has 0 radical (unpaired) electrons. The second-order valence-electron chi connectivity index (χ2n) is 5.27. The van der Waals surface area contributed by atoms with E-state index in [1.54, 1.807) is 12.3 Å². The molecule has 0 spiro atoms. The second-order valence-corrected chi connectivity index (χ2v) is 5.27. The van der Waals surface area contributed by atoms with Crippen molar-refractivity contribution in [1.29, 1.82) is 0 Å². The first-order valence-electron chi connectivity index (χ1n) is 7.16. The zero-order valence-electron chi connectivity index (χ0n) is 12.3. The Hall–Kier alpha value is -2.59. The van der Waals surface area contributed by atoms with Crippen LogP contribution in [0.5, 0.6) is 5.75 Å². The van der Waals surface area contributed by atoms with E-state index in [9.17, 15) is 10.2 Å². The van der Waals surface area contributed by atoms with Gasteiger partial charge in [-0.1, -0.05) is 30.3 Å². The van der Waals surface area contributed by atoms with Crippen molar-refractivity contribution in [2.75, 3.05) is 6.54 Å². The maximum absolute atomic E-state index is 10.2. The smallest absolute Gasteiger partial charge is 0.124 e. The molecule has 4 heteroatoms. The normalized spacial score (nSPS) is 13.0. The molecule has 2 aromatic carbocycles. The van der Waals surface area contributed by atoms with Crippen LogP contribution in [0.15, 0.2) is 59.7 Å². The van der Waals surface area contributed by atoms with E-state index in [1.165, 1.54) is 0 Å². The molecule has 0 saturated heterocycles. The van der Waals surface area contributed by atoms with Crippen LogP contribution in [-0.2, 0) is 7.05 Å². The van der Waals surface area contributed by atoms with Crippen molar-refractivity contribution >= 4 is 17.0 Å². The van der Waals surface area contributed by atoms with Crippen molar-refractivity contribution in [3.8, 4) is 5.75 Å². The fourth-order valence-corrected chi connectivity index (χ4v) is 2.58. The van der Waals surface area contributed by atoms with Gasteiger partial charge in [-0.15, -0.1) is 0 Å². The van der Waals surface area contributed by atoms with Gasteiger partial charge in [-0.05, 0) is 29.0 Å². The number of rotatable bonds is 4. The SMILES string of the molecule is Cn1cccc1C(O)CN=Cc1c(O)ccc2ccccc12. The van der Waals surface area contributed by atoms with Crippen molar-refractivity contribution in [3.05, 3.63) is 66.0 Å². The lowest BCUT2D eigenvalue weighted by molar-refractivity contribution is 0.179. The van der Waals surface area contributed by atoms with Crippen molar-refractivity contribution in [2.45, 2.75) is 6.10 Å². The number of benzene rings is 2. The maximum Gasteiger partial charge on any atom is 0.124 e. The number of fused-ring (bicyclic) bond motifs is 1. The zero-order chi connectivity index (χ0) is 15.5.